The highest BCUT2D eigenvalue weighted by atomic mass is 16.5. The van der Waals surface area contributed by atoms with Crippen molar-refractivity contribution < 1.29 is 9.47 Å². The molecular weight excluding hydrogens is 228 g/mol. The molecule has 1 rings (SSSR count). The van der Waals surface area contributed by atoms with Crippen molar-refractivity contribution in [2.24, 2.45) is 5.73 Å². The van der Waals surface area contributed by atoms with Gasteiger partial charge in [0.05, 0.1) is 13.2 Å². The highest BCUT2D eigenvalue weighted by Gasteiger charge is 2.06. The molecular formula is C14H24N2O2. The van der Waals surface area contributed by atoms with Crippen molar-refractivity contribution in [1.29, 1.82) is 0 Å². The Balaban J connectivity index is 2.57. The van der Waals surface area contributed by atoms with E-state index in [9.17, 15) is 0 Å². The molecule has 0 heterocycles. The van der Waals surface area contributed by atoms with E-state index in [4.69, 9.17) is 15.2 Å². The Labute approximate surface area is 110 Å². The summed E-state index contributed by atoms with van der Waals surface area (Å²) in [6.45, 7) is 4.82. The van der Waals surface area contributed by atoms with Gasteiger partial charge >= 0.3 is 0 Å². The average Bonchev–Trinajstić information content (AvgIpc) is 2.36. The van der Waals surface area contributed by atoms with Crippen LogP contribution in [0.1, 0.15) is 18.9 Å². The van der Waals surface area contributed by atoms with Gasteiger partial charge in [0.2, 0.25) is 0 Å². The Bertz CT molecular complexity index is 354. The van der Waals surface area contributed by atoms with Gasteiger partial charge in [-0.05, 0) is 45.1 Å². The highest BCUT2D eigenvalue weighted by molar-refractivity contribution is 5.43. The Hall–Kier alpha value is -1.26. The van der Waals surface area contributed by atoms with Crippen LogP contribution < -0.4 is 15.2 Å². The van der Waals surface area contributed by atoms with Crippen LogP contribution in [0.2, 0.25) is 0 Å². The molecule has 0 aliphatic rings. The second-order valence-electron chi connectivity index (χ2n) is 4.42. The Morgan fingerprint density at radius 2 is 1.94 bits per heavy atom. The van der Waals surface area contributed by atoms with Crippen LogP contribution in [0, 0.1) is 0 Å². The maximum absolute atomic E-state index is 5.75. The number of hydrogen-bond donors (Lipinski definition) is 1. The fraction of sp³-hybridized carbons (Fsp3) is 0.571. The van der Waals surface area contributed by atoms with Crippen molar-refractivity contribution in [3.8, 4) is 11.5 Å². The molecule has 0 radical (unpaired) electrons. The molecule has 0 fully saturated rings. The number of benzene rings is 1. The maximum Gasteiger partial charge on any atom is 0.161 e. The van der Waals surface area contributed by atoms with Gasteiger partial charge < -0.3 is 20.1 Å². The second kappa shape index (κ2) is 7.95. The molecule has 0 saturated carbocycles. The zero-order valence-corrected chi connectivity index (χ0v) is 11.6. The molecule has 0 unspecified atom stereocenters. The van der Waals surface area contributed by atoms with Gasteiger partial charge in [0, 0.05) is 13.1 Å². The summed E-state index contributed by atoms with van der Waals surface area (Å²) in [6, 6.07) is 5.86. The Morgan fingerprint density at radius 3 is 2.56 bits per heavy atom. The first-order valence-corrected chi connectivity index (χ1v) is 6.40. The Morgan fingerprint density at radius 1 is 1.17 bits per heavy atom. The van der Waals surface area contributed by atoms with E-state index in [-0.39, 0.29) is 0 Å². The third kappa shape index (κ3) is 4.94. The fourth-order valence-electron chi connectivity index (χ4n) is 1.63. The number of hydrogen-bond acceptors (Lipinski definition) is 4. The zero-order chi connectivity index (χ0) is 13.4. The number of rotatable bonds is 8. The molecule has 4 heteroatoms. The molecule has 1 aromatic carbocycles. The molecule has 0 bridgehead atoms. The summed E-state index contributed by atoms with van der Waals surface area (Å²) in [4.78, 5) is 2.14. The number of nitrogens with two attached hydrogens (primary N) is 1. The lowest BCUT2D eigenvalue weighted by Crippen LogP contribution is -2.15. The van der Waals surface area contributed by atoms with Crippen molar-refractivity contribution in [3.05, 3.63) is 23.8 Å². The van der Waals surface area contributed by atoms with Gasteiger partial charge in [-0.1, -0.05) is 6.07 Å². The van der Waals surface area contributed by atoms with Crippen molar-refractivity contribution in [3.63, 3.8) is 0 Å². The summed E-state index contributed by atoms with van der Waals surface area (Å²) in [5, 5.41) is 0. The summed E-state index contributed by atoms with van der Waals surface area (Å²) in [7, 11) is 4.11. The van der Waals surface area contributed by atoms with Gasteiger partial charge in [-0.25, -0.2) is 0 Å². The standard InChI is InChI=1S/C14H24N2O2/c1-4-17-14-10-12(11-15)6-7-13(14)18-9-5-8-16(2)3/h6-7,10H,4-5,8-9,11,15H2,1-3H3. The van der Waals surface area contributed by atoms with Gasteiger partial charge in [-0.3, -0.25) is 0 Å². The molecule has 1 aromatic rings. The molecule has 102 valence electrons. The van der Waals surface area contributed by atoms with Gasteiger partial charge in [-0.2, -0.15) is 0 Å². The first-order valence-electron chi connectivity index (χ1n) is 6.40. The van der Waals surface area contributed by atoms with Gasteiger partial charge in [0.15, 0.2) is 11.5 Å². The predicted molar refractivity (Wildman–Crippen MR) is 74.2 cm³/mol. The van der Waals surface area contributed by atoms with E-state index >= 15 is 0 Å². The van der Waals surface area contributed by atoms with Gasteiger partial charge in [-0.15, -0.1) is 0 Å². The van der Waals surface area contributed by atoms with Crippen molar-refractivity contribution in [2.75, 3.05) is 33.9 Å². The molecule has 2 N–H and O–H groups in total. The molecule has 0 aliphatic heterocycles. The lowest BCUT2D eigenvalue weighted by molar-refractivity contribution is 0.258. The average molecular weight is 252 g/mol. The van der Waals surface area contributed by atoms with E-state index in [2.05, 4.69) is 19.0 Å². The van der Waals surface area contributed by atoms with Crippen LogP contribution in [0.25, 0.3) is 0 Å². The SMILES string of the molecule is CCOc1cc(CN)ccc1OCCCN(C)C. The van der Waals surface area contributed by atoms with Gasteiger partial charge in [0.1, 0.15) is 0 Å². The smallest absolute Gasteiger partial charge is 0.161 e. The van der Waals surface area contributed by atoms with E-state index < -0.39 is 0 Å². The minimum Gasteiger partial charge on any atom is -0.490 e. The lowest BCUT2D eigenvalue weighted by atomic mass is 10.2. The minimum absolute atomic E-state index is 0.515. The van der Waals surface area contributed by atoms with Crippen LogP contribution in [0.3, 0.4) is 0 Å². The first kappa shape index (κ1) is 14.8. The van der Waals surface area contributed by atoms with Crippen molar-refractivity contribution >= 4 is 0 Å². The van der Waals surface area contributed by atoms with Crippen LogP contribution in [0.4, 0.5) is 0 Å². The molecule has 0 saturated heterocycles. The summed E-state index contributed by atoms with van der Waals surface area (Å²) in [5.74, 6) is 1.58. The van der Waals surface area contributed by atoms with E-state index in [1.54, 1.807) is 0 Å². The van der Waals surface area contributed by atoms with Crippen molar-refractivity contribution in [1.82, 2.24) is 4.90 Å². The molecule has 18 heavy (non-hydrogen) atoms. The monoisotopic (exact) mass is 252 g/mol. The minimum atomic E-state index is 0.515. The largest absolute Gasteiger partial charge is 0.490 e. The molecule has 0 spiro atoms. The third-order valence-electron chi connectivity index (χ3n) is 2.55. The third-order valence-corrected chi connectivity index (χ3v) is 2.55. The molecule has 4 nitrogen and oxygen atoms in total. The van der Waals surface area contributed by atoms with E-state index in [1.165, 1.54) is 0 Å². The second-order valence-corrected chi connectivity index (χ2v) is 4.42. The van der Waals surface area contributed by atoms with Crippen LogP contribution in [0.5, 0.6) is 11.5 Å². The first-order chi connectivity index (χ1) is 8.67. The summed E-state index contributed by atoms with van der Waals surface area (Å²) in [6.07, 6.45) is 0.997. The van der Waals surface area contributed by atoms with E-state index in [0.29, 0.717) is 19.8 Å². The highest BCUT2D eigenvalue weighted by Crippen LogP contribution is 2.28. The Kier molecular flexibility index (Phi) is 6.54. The molecule has 0 aromatic heterocycles. The summed E-state index contributed by atoms with van der Waals surface area (Å²) < 4.78 is 11.3. The maximum atomic E-state index is 5.75. The molecule has 0 amide bonds. The summed E-state index contributed by atoms with van der Waals surface area (Å²) >= 11 is 0. The zero-order valence-electron chi connectivity index (χ0n) is 11.6. The number of nitrogens with zero attached hydrogens (tertiary/aromatic N) is 1. The molecule has 0 atom stereocenters. The van der Waals surface area contributed by atoms with Gasteiger partial charge in [0.25, 0.3) is 0 Å². The fourth-order valence-corrected chi connectivity index (χ4v) is 1.63. The predicted octanol–water partition coefficient (Wildman–Crippen LogP) is 1.87. The topological polar surface area (TPSA) is 47.7 Å². The lowest BCUT2D eigenvalue weighted by Gasteiger charge is -2.14. The summed E-state index contributed by atoms with van der Waals surface area (Å²) in [5.41, 5.74) is 6.67. The van der Waals surface area contributed by atoms with E-state index in [1.807, 2.05) is 25.1 Å². The van der Waals surface area contributed by atoms with Crippen LogP contribution in [-0.2, 0) is 6.54 Å². The van der Waals surface area contributed by atoms with Crippen LogP contribution in [-0.4, -0.2) is 38.8 Å². The molecule has 0 aliphatic carbocycles. The van der Waals surface area contributed by atoms with Crippen molar-refractivity contribution in [2.45, 2.75) is 19.9 Å². The van der Waals surface area contributed by atoms with Crippen LogP contribution in [0.15, 0.2) is 18.2 Å². The number of ether oxygens (including phenoxy) is 2. The quantitative estimate of drug-likeness (QED) is 0.718. The van der Waals surface area contributed by atoms with E-state index in [0.717, 1.165) is 30.0 Å². The van der Waals surface area contributed by atoms with Crippen LogP contribution >= 0.6 is 0 Å². The normalized spacial score (nSPS) is 10.7.